The number of carbonyl (C=O) groups excluding carboxylic acids is 1. The van der Waals surface area contributed by atoms with E-state index in [4.69, 9.17) is 5.11 Å². The molecule has 1 heterocycles. The van der Waals surface area contributed by atoms with Crippen LogP contribution in [-0.4, -0.2) is 27.5 Å². The number of nitrogens with one attached hydrogen (secondary N) is 2. The fraction of sp³-hybridized carbons (Fsp3) is 0.364. The minimum absolute atomic E-state index is 0.0666. The van der Waals surface area contributed by atoms with Gasteiger partial charge in [-0.1, -0.05) is 0 Å². The molecular formula is C11H12N2O4. The van der Waals surface area contributed by atoms with E-state index in [0.29, 0.717) is 18.5 Å². The Labute approximate surface area is 96.7 Å². The monoisotopic (exact) mass is 236 g/mol. The molecule has 0 aliphatic heterocycles. The molecule has 1 amide bonds. The van der Waals surface area contributed by atoms with Crippen LogP contribution >= 0.6 is 0 Å². The van der Waals surface area contributed by atoms with Gasteiger partial charge >= 0.3 is 5.97 Å². The molecule has 0 atom stereocenters. The number of carboxylic acid groups (broad SMARTS) is 1. The Morgan fingerprint density at radius 1 is 1.41 bits per heavy atom. The van der Waals surface area contributed by atoms with Gasteiger partial charge in [0.2, 0.25) is 0 Å². The highest BCUT2D eigenvalue weighted by atomic mass is 16.4. The molecule has 0 unspecified atom stereocenters. The van der Waals surface area contributed by atoms with Crippen molar-refractivity contribution >= 4 is 11.9 Å². The first-order valence-corrected chi connectivity index (χ1v) is 5.20. The van der Waals surface area contributed by atoms with E-state index in [2.05, 4.69) is 10.3 Å². The number of hydrogen-bond donors (Lipinski definition) is 3. The van der Waals surface area contributed by atoms with Gasteiger partial charge in [0.25, 0.3) is 11.5 Å². The van der Waals surface area contributed by atoms with Crippen molar-refractivity contribution in [2.24, 2.45) is 0 Å². The SMILES string of the molecule is Cc1ccc(C(=O)NC2(C(=O)O)CC2)c(=O)[nH]1. The molecule has 1 fully saturated rings. The Hall–Kier alpha value is -2.11. The summed E-state index contributed by atoms with van der Waals surface area (Å²) in [5, 5.41) is 11.3. The van der Waals surface area contributed by atoms with Crippen molar-refractivity contribution in [3.05, 3.63) is 33.7 Å². The summed E-state index contributed by atoms with van der Waals surface area (Å²) in [5.41, 5.74) is -1.10. The molecule has 90 valence electrons. The van der Waals surface area contributed by atoms with Crippen LogP contribution in [0.2, 0.25) is 0 Å². The maximum atomic E-state index is 11.7. The van der Waals surface area contributed by atoms with Crippen molar-refractivity contribution in [3.8, 4) is 0 Å². The van der Waals surface area contributed by atoms with E-state index < -0.39 is 23.0 Å². The maximum absolute atomic E-state index is 11.7. The van der Waals surface area contributed by atoms with E-state index >= 15 is 0 Å². The highest BCUT2D eigenvalue weighted by Crippen LogP contribution is 2.35. The molecule has 2 rings (SSSR count). The summed E-state index contributed by atoms with van der Waals surface area (Å²) in [6.07, 6.45) is 0.801. The number of aromatic amines is 1. The Morgan fingerprint density at radius 3 is 2.53 bits per heavy atom. The normalized spacial score (nSPS) is 16.3. The van der Waals surface area contributed by atoms with Crippen LogP contribution in [0.15, 0.2) is 16.9 Å². The van der Waals surface area contributed by atoms with Crippen molar-refractivity contribution < 1.29 is 14.7 Å². The highest BCUT2D eigenvalue weighted by molar-refractivity contribution is 5.98. The quantitative estimate of drug-likeness (QED) is 0.689. The number of aliphatic carboxylic acids is 1. The molecule has 1 aliphatic carbocycles. The lowest BCUT2D eigenvalue weighted by molar-refractivity contribution is -0.140. The van der Waals surface area contributed by atoms with Gasteiger partial charge in [-0.05, 0) is 31.9 Å². The van der Waals surface area contributed by atoms with Gasteiger partial charge in [0.05, 0.1) is 0 Å². The van der Waals surface area contributed by atoms with Gasteiger partial charge in [-0.25, -0.2) is 4.79 Å². The molecule has 0 spiro atoms. The summed E-state index contributed by atoms with van der Waals surface area (Å²) in [4.78, 5) is 36.6. The summed E-state index contributed by atoms with van der Waals surface area (Å²) in [6, 6.07) is 2.98. The summed E-state index contributed by atoms with van der Waals surface area (Å²) < 4.78 is 0. The fourth-order valence-corrected chi connectivity index (χ4v) is 1.55. The van der Waals surface area contributed by atoms with Crippen molar-refractivity contribution in [1.29, 1.82) is 0 Å². The van der Waals surface area contributed by atoms with E-state index in [1.165, 1.54) is 6.07 Å². The topological polar surface area (TPSA) is 99.3 Å². The van der Waals surface area contributed by atoms with Gasteiger partial charge in [-0.15, -0.1) is 0 Å². The van der Waals surface area contributed by atoms with E-state index in [-0.39, 0.29) is 5.56 Å². The molecule has 6 heteroatoms. The highest BCUT2D eigenvalue weighted by Gasteiger charge is 2.51. The number of aromatic nitrogens is 1. The zero-order valence-corrected chi connectivity index (χ0v) is 9.24. The van der Waals surface area contributed by atoms with Crippen LogP contribution in [0.4, 0.5) is 0 Å². The average Bonchev–Trinajstić information content (AvgIpc) is 2.98. The van der Waals surface area contributed by atoms with Gasteiger partial charge in [-0.3, -0.25) is 9.59 Å². The summed E-state index contributed by atoms with van der Waals surface area (Å²) in [6.45, 7) is 1.70. The third-order valence-corrected chi connectivity index (χ3v) is 2.81. The minimum Gasteiger partial charge on any atom is -0.480 e. The Kier molecular flexibility index (Phi) is 2.49. The Morgan fingerprint density at radius 2 is 2.06 bits per heavy atom. The van der Waals surface area contributed by atoms with E-state index in [1.807, 2.05) is 0 Å². The van der Waals surface area contributed by atoms with Gasteiger partial charge < -0.3 is 15.4 Å². The molecule has 1 aliphatic rings. The average molecular weight is 236 g/mol. The molecule has 0 bridgehead atoms. The van der Waals surface area contributed by atoms with Crippen molar-refractivity contribution in [2.75, 3.05) is 0 Å². The molecule has 3 N–H and O–H groups in total. The maximum Gasteiger partial charge on any atom is 0.329 e. The lowest BCUT2D eigenvalue weighted by atomic mass is 10.2. The fourth-order valence-electron chi connectivity index (χ4n) is 1.55. The van der Waals surface area contributed by atoms with Gasteiger partial charge in [0, 0.05) is 5.69 Å². The van der Waals surface area contributed by atoms with Crippen LogP contribution in [0.5, 0.6) is 0 Å². The standard InChI is InChI=1S/C11H12N2O4/c1-6-2-3-7(8(14)12-6)9(15)13-11(4-5-11)10(16)17/h2-3H,4-5H2,1H3,(H,12,14)(H,13,15)(H,16,17). The molecule has 1 aromatic rings. The van der Waals surface area contributed by atoms with Crippen LogP contribution < -0.4 is 10.9 Å². The van der Waals surface area contributed by atoms with E-state index in [0.717, 1.165) is 0 Å². The number of carbonyl (C=O) groups is 2. The smallest absolute Gasteiger partial charge is 0.329 e. The third kappa shape index (κ3) is 2.06. The summed E-state index contributed by atoms with van der Waals surface area (Å²) >= 11 is 0. The van der Waals surface area contributed by atoms with E-state index in [9.17, 15) is 14.4 Å². The molecule has 1 saturated carbocycles. The molecule has 0 saturated heterocycles. The lowest BCUT2D eigenvalue weighted by Gasteiger charge is -2.11. The second kappa shape index (κ2) is 3.73. The summed E-state index contributed by atoms with van der Waals surface area (Å²) in [7, 11) is 0. The van der Waals surface area contributed by atoms with Crippen LogP contribution in [0, 0.1) is 6.92 Å². The molecule has 6 nitrogen and oxygen atoms in total. The van der Waals surface area contributed by atoms with Gasteiger partial charge in [0.15, 0.2) is 0 Å². The van der Waals surface area contributed by atoms with Crippen LogP contribution in [0.3, 0.4) is 0 Å². The number of amides is 1. The number of aryl methyl sites for hydroxylation is 1. The first kappa shape index (κ1) is 11.4. The minimum atomic E-state index is -1.17. The van der Waals surface area contributed by atoms with Gasteiger partial charge in [-0.2, -0.15) is 0 Å². The Balaban J connectivity index is 2.21. The van der Waals surface area contributed by atoms with E-state index in [1.54, 1.807) is 13.0 Å². The molecule has 0 aromatic carbocycles. The predicted octanol–water partition coefficient (Wildman–Crippen LogP) is 0.0303. The molecule has 1 aromatic heterocycles. The lowest BCUT2D eigenvalue weighted by Crippen LogP contribution is -2.44. The number of carboxylic acids is 1. The Bertz CT molecular complexity index is 543. The zero-order chi connectivity index (χ0) is 12.6. The zero-order valence-electron chi connectivity index (χ0n) is 9.24. The first-order valence-electron chi connectivity index (χ1n) is 5.20. The third-order valence-electron chi connectivity index (χ3n) is 2.81. The number of H-pyrrole nitrogens is 1. The number of rotatable bonds is 3. The van der Waals surface area contributed by atoms with Crippen molar-refractivity contribution in [1.82, 2.24) is 10.3 Å². The van der Waals surface area contributed by atoms with Crippen LogP contribution in [-0.2, 0) is 4.79 Å². The second-order valence-electron chi connectivity index (χ2n) is 4.23. The first-order chi connectivity index (χ1) is 7.94. The van der Waals surface area contributed by atoms with Gasteiger partial charge in [0.1, 0.15) is 11.1 Å². The van der Waals surface area contributed by atoms with Crippen molar-refractivity contribution in [2.45, 2.75) is 25.3 Å². The van der Waals surface area contributed by atoms with Crippen LogP contribution in [0.25, 0.3) is 0 Å². The predicted molar refractivity (Wildman–Crippen MR) is 58.9 cm³/mol. The molecule has 0 radical (unpaired) electrons. The summed E-state index contributed by atoms with van der Waals surface area (Å²) in [5.74, 6) is -1.71. The number of hydrogen-bond acceptors (Lipinski definition) is 3. The largest absolute Gasteiger partial charge is 0.480 e. The molecular weight excluding hydrogens is 224 g/mol. The van der Waals surface area contributed by atoms with Crippen LogP contribution in [0.1, 0.15) is 28.9 Å². The molecule has 17 heavy (non-hydrogen) atoms. The second-order valence-corrected chi connectivity index (χ2v) is 4.23. The number of pyridine rings is 1. The van der Waals surface area contributed by atoms with Crippen molar-refractivity contribution in [3.63, 3.8) is 0 Å².